The molecule has 1 aromatic heterocycles. The van der Waals surface area contributed by atoms with Gasteiger partial charge in [-0.15, -0.1) is 0 Å². The summed E-state index contributed by atoms with van der Waals surface area (Å²) in [6, 6.07) is 8.16. The van der Waals surface area contributed by atoms with Crippen LogP contribution in [0.25, 0.3) is 11.0 Å². The predicted octanol–water partition coefficient (Wildman–Crippen LogP) is 2.43. The monoisotopic (exact) mass is 371 g/mol. The van der Waals surface area contributed by atoms with E-state index in [-0.39, 0.29) is 0 Å². The maximum absolute atomic E-state index is 5.98. The van der Waals surface area contributed by atoms with Crippen LogP contribution in [0.1, 0.15) is 24.7 Å². The molecule has 0 amide bonds. The Kier molecular flexibility index (Phi) is 7.12. The van der Waals surface area contributed by atoms with E-state index in [1.165, 1.54) is 30.5 Å². The molecular formula is C21H33N5O. The van der Waals surface area contributed by atoms with E-state index >= 15 is 0 Å². The zero-order chi connectivity index (χ0) is 19.1. The summed E-state index contributed by atoms with van der Waals surface area (Å²) in [7, 11) is 2.21. The van der Waals surface area contributed by atoms with Gasteiger partial charge in [-0.05, 0) is 46.5 Å². The highest BCUT2D eigenvalue weighted by Crippen LogP contribution is 2.25. The van der Waals surface area contributed by atoms with E-state index < -0.39 is 0 Å². The van der Waals surface area contributed by atoms with Crippen molar-refractivity contribution in [2.24, 2.45) is 4.99 Å². The lowest BCUT2D eigenvalue weighted by Gasteiger charge is -2.21. The van der Waals surface area contributed by atoms with Gasteiger partial charge in [-0.25, -0.2) is 4.99 Å². The van der Waals surface area contributed by atoms with Crippen molar-refractivity contribution < 1.29 is 4.42 Å². The number of aryl methyl sites for hydroxylation is 1. The molecule has 148 valence electrons. The molecule has 0 atom stereocenters. The number of nitrogens with zero attached hydrogens (tertiary/aromatic N) is 3. The lowest BCUT2D eigenvalue weighted by Crippen LogP contribution is -2.42. The minimum atomic E-state index is 0.546. The second-order valence-corrected chi connectivity index (χ2v) is 7.27. The number of likely N-dealkylation sites (N-methyl/N-ethyl adjacent to an activating group) is 1. The summed E-state index contributed by atoms with van der Waals surface area (Å²) >= 11 is 0. The molecule has 6 heteroatoms. The first kappa shape index (κ1) is 19.7. The van der Waals surface area contributed by atoms with Gasteiger partial charge in [0.05, 0.1) is 0 Å². The van der Waals surface area contributed by atoms with Crippen LogP contribution < -0.4 is 10.6 Å². The third kappa shape index (κ3) is 5.47. The van der Waals surface area contributed by atoms with Gasteiger partial charge in [-0.2, -0.15) is 0 Å². The third-order valence-corrected chi connectivity index (χ3v) is 5.20. The average Bonchev–Trinajstić information content (AvgIpc) is 2.84. The second kappa shape index (κ2) is 9.76. The van der Waals surface area contributed by atoms with Gasteiger partial charge in [0.1, 0.15) is 17.9 Å². The molecule has 1 aliphatic rings. The molecule has 0 saturated carbocycles. The zero-order valence-electron chi connectivity index (χ0n) is 16.9. The van der Waals surface area contributed by atoms with Gasteiger partial charge in [-0.1, -0.05) is 18.2 Å². The number of hydrogen-bond acceptors (Lipinski definition) is 4. The first-order valence-electron chi connectivity index (χ1n) is 10.1. The summed E-state index contributed by atoms with van der Waals surface area (Å²) in [6.07, 6.45) is 1.25. The molecule has 2 heterocycles. The normalized spacial score (nSPS) is 17.2. The number of nitrogens with one attached hydrogen (secondary N) is 2. The average molecular weight is 372 g/mol. The second-order valence-electron chi connectivity index (χ2n) is 7.27. The first-order valence-corrected chi connectivity index (χ1v) is 10.1. The highest BCUT2D eigenvalue weighted by Gasteiger charge is 2.12. The van der Waals surface area contributed by atoms with Crippen molar-refractivity contribution in [3.8, 4) is 0 Å². The van der Waals surface area contributed by atoms with Crippen molar-refractivity contribution in [2.45, 2.75) is 26.8 Å². The number of rotatable bonds is 6. The van der Waals surface area contributed by atoms with Crippen LogP contribution in [-0.4, -0.2) is 68.6 Å². The Balaban J connectivity index is 1.55. The summed E-state index contributed by atoms with van der Waals surface area (Å²) in [5.74, 6) is 1.79. The quantitative estimate of drug-likeness (QED) is 0.603. The Bertz CT molecular complexity index is 754. The molecule has 0 aliphatic carbocycles. The van der Waals surface area contributed by atoms with Crippen molar-refractivity contribution in [3.63, 3.8) is 0 Å². The van der Waals surface area contributed by atoms with Crippen LogP contribution >= 0.6 is 0 Å². The standard InChI is InChI=1S/C21H33N5O/c1-4-22-21(23-10-13-26-12-7-11-25(3)14-15-26)24-16-20-17(2)18-8-5-6-9-19(18)27-20/h5-6,8-9H,4,7,10-16H2,1-3H3,(H2,22,23,24). The highest BCUT2D eigenvalue weighted by molar-refractivity contribution is 5.82. The van der Waals surface area contributed by atoms with E-state index in [4.69, 9.17) is 9.41 Å². The number of benzene rings is 1. The van der Waals surface area contributed by atoms with Crippen molar-refractivity contribution >= 4 is 16.9 Å². The minimum absolute atomic E-state index is 0.546. The predicted molar refractivity (Wildman–Crippen MR) is 112 cm³/mol. The number of guanidine groups is 1. The molecular weight excluding hydrogens is 338 g/mol. The van der Waals surface area contributed by atoms with Gasteiger partial charge in [0, 0.05) is 43.7 Å². The lowest BCUT2D eigenvalue weighted by atomic mass is 10.1. The number of fused-ring (bicyclic) bond motifs is 1. The zero-order valence-corrected chi connectivity index (χ0v) is 16.9. The molecule has 1 fully saturated rings. The number of para-hydroxylation sites is 1. The SMILES string of the molecule is CCNC(=NCc1oc2ccccc2c1C)NCCN1CCCN(C)CC1. The summed E-state index contributed by atoms with van der Waals surface area (Å²) in [4.78, 5) is 9.67. The molecule has 3 rings (SSSR count). The molecule has 1 saturated heterocycles. The Morgan fingerprint density at radius 2 is 2.00 bits per heavy atom. The Hall–Kier alpha value is -2.05. The van der Waals surface area contributed by atoms with Crippen LogP contribution in [0.2, 0.25) is 0 Å². The molecule has 2 aromatic rings. The fourth-order valence-corrected chi connectivity index (χ4v) is 3.52. The van der Waals surface area contributed by atoms with Crippen LogP contribution in [0.4, 0.5) is 0 Å². The van der Waals surface area contributed by atoms with Gasteiger partial charge in [-0.3, -0.25) is 0 Å². The maximum Gasteiger partial charge on any atom is 0.191 e. The fraction of sp³-hybridized carbons (Fsp3) is 0.571. The Morgan fingerprint density at radius 3 is 2.81 bits per heavy atom. The maximum atomic E-state index is 5.98. The molecule has 0 spiro atoms. The lowest BCUT2D eigenvalue weighted by molar-refractivity contribution is 0.280. The number of furan rings is 1. The van der Waals surface area contributed by atoms with Crippen LogP contribution in [0, 0.1) is 6.92 Å². The molecule has 0 unspecified atom stereocenters. The summed E-state index contributed by atoms with van der Waals surface area (Å²) in [6.45, 7) is 12.2. The van der Waals surface area contributed by atoms with E-state index in [1.54, 1.807) is 0 Å². The highest BCUT2D eigenvalue weighted by atomic mass is 16.3. The first-order chi connectivity index (χ1) is 13.2. The van der Waals surface area contributed by atoms with E-state index in [1.807, 2.05) is 18.2 Å². The number of hydrogen-bond donors (Lipinski definition) is 2. The molecule has 1 aliphatic heterocycles. The van der Waals surface area contributed by atoms with E-state index in [0.717, 1.165) is 50.0 Å². The molecule has 6 nitrogen and oxygen atoms in total. The van der Waals surface area contributed by atoms with Gasteiger partial charge in [0.15, 0.2) is 5.96 Å². The van der Waals surface area contributed by atoms with E-state index in [2.05, 4.69) is 47.4 Å². The topological polar surface area (TPSA) is 56.0 Å². The summed E-state index contributed by atoms with van der Waals surface area (Å²) in [5.41, 5.74) is 2.11. The largest absolute Gasteiger partial charge is 0.459 e. The molecule has 2 N–H and O–H groups in total. The molecule has 0 bridgehead atoms. The van der Waals surface area contributed by atoms with Crippen molar-refractivity contribution in [3.05, 3.63) is 35.6 Å². The molecule has 0 radical (unpaired) electrons. The Labute approximate surface area is 162 Å². The van der Waals surface area contributed by atoms with Gasteiger partial charge in [0.2, 0.25) is 0 Å². The van der Waals surface area contributed by atoms with E-state index in [9.17, 15) is 0 Å². The third-order valence-electron chi connectivity index (χ3n) is 5.20. The van der Waals surface area contributed by atoms with Crippen LogP contribution in [0.5, 0.6) is 0 Å². The van der Waals surface area contributed by atoms with Crippen molar-refractivity contribution in [2.75, 3.05) is 52.9 Å². The van der Waals surface area contributed by atoms with E-state index in [0.29, 0.717) is 6.54 Å². The van der Waals surface area contributed by atoms with Gasteiger partial charge >= 0.3 is 0 Å². The smallest absolute Gasteiger partial charge is 0.191 e. The molecule has 27 heavy (non-hydrogen) atoms. The number of aliphatic imine (C=N–C) groups is 1. The van der Waals surface area contributed by atoms with Crippen molar-refractivity contribution in [1.82, 2.24) is 20.4 Å². The molecule has 1 aromatic carbocycles. The van der Waals surface area contributed by atoms with Crippen molar-refractivity contribution in [1.29, 1.82) is 0 Å². The minimum Gasteiger partial charge on any atom is -0.459 e. The van der Waals surface area contributed by atoms with Crippen LogP contribution in [0.3, 0.4) is 0 Å². The summed E-state index contributed by atoms with van der Waals surface area (Å²) in [5, 5.41) is 7.97. The summed E-state index contributed by atoms with van der Waals surface area (Å²) < 4.78 is 5.98. The Morgan fingerprint density at radius 1 is 1.15 bits per heavy atom. The van der Waals surface area contributed by atoms with Crippen LogP contribution in [-0.2, 0) is 6.54 Å². The van der Waals surface area contributed by atoms with Gasteiger partial charge in [0.25, 0.3) is 0 Å². The van der Waals surface area contributed by atoms with Crippen LogP contribution in [0.15, 0.2) is 33.7 Å². The fourth-order valence-electron chi connectivity index (χ4n) is 3.52. The van der Waals surface area contributed by atoms with Gasteiger partial charge < -0.3 is 24.9 Å².